The molecule has 0 unspecified atom stereocenters. The maximum absolute atomic E-state index is 2.48. The van der Waals surface area contributed by atoms with Crippen LogP contribution in [0.15, 0.2) is 60.7 Å². The molecule has 39 heavy (non-hydrogen) atoms. The van der Waals surface area contributed by atoms with Crippen LogP contribution in [0.1, 0.15) is 76.3 Å². The maximum Gasteiger partial charge on any atom is 0.0362 e. The van der Waals surface area contributed by atoms with Gasteiger partial charge in [-0.15, -0.1) is 34.0 Å². The summed E-state index contributed by atoms with van der Waals surface area (Å²) in [5, 5.41) is 8.60. The van der Waals surface area contributed by atoms with Gasteiger partial charge in [0.2, 0.25) is 0 Å². The number of aryl methyl sites for hydroxylation is 2. The fourth-order valence-electron chi connectivity index (χ4n) is 6.23. The average molecular weight is 565 g/mol. The first kappa shape index (κ1) is 25.5. The number of benzene rings is 4. The van der Waals surface area contributed by atoms with E-state index >= 15 is 0 Å². The summed E-state index contributed by atoms with van der Waals surface area (Å²) in [6.45, 7) is 4.58. The van der Waals surface area contributed by atoms with Gasteiger partial charge < -0.3 is 0 Å². The molecule has 0 N–H and O–H groups in total. The number of thiophene rings is 3. The second kappa shape index (κ2) is 10.8. The van der Waals surface area contributed by atoms with Gasteiger partial charge in [0.15, 0.2) is 0 Å². The van der Waals surface area contributed by atoms with Gasteiger partial charge in [-0.2, -0.15) is 0 Å². The van der Waals surface area contributed by atoms with Crippen molar-refractivity contribution < 1.29 is 0 Å². The van der Waals surface area contributed by atoms with Gasteiger partial charge in [-0.1, -0.05) is 64.5 Å². The van der Waals surface area contributed by atoms with Crippen molar-refractivity contribution in [3.05, 3.63) is 71.8 Å². The van der Waals surface area contributed by atoms with Gasteiger partial charge in [0.25, 0.3) is 0 Å². The Labute approximate surface area is 243 Å². The Balaban J connectivity index is 1.28. The van der Waals surface area contributed by atoms with Gasteiger partial charge in [0, 0.05) is 60.5 Å². The van der Waals surface area contributed by atoms with E-state index in [1.165, 1.54) is 136 Å². The van der Waals surface area contributed by atoms with E-state index in [2.05, 4.69) is 74.5 Å². The molecule has 0 aliphatic rings. The van der Waals surface area contributed by atoms with Gasteiger partial charge >= 0.3 is 0 Å². The molecule has 0 atom stereocenters. The van der Waals surface area contributed by atoms with Crippen LogP contribution >= 0.6 is 34.0 Å². The van der Waals surface area contributed by atoms with Crippen LogP contribution in [-0.4, -0.2) is 0 Å². The van der Waals surface area contributed by atoms with Crippen molar-refractivity contribution >= 4 is 94.5 Å². The molecular weight excluding hydrogens is 529 g/mol. The minimum atomic E-state index is 1.20. The zero-order chi connectivity index (χ0) is 26.3. The molecule has 0 aliphatic heterocycles. The molecule has 0 bridgehead atoms. The number of hydrogen-bond acceptors (Lipinski definition) is 3. The Bertz CT molecular complexity index is 1800. The highest BCUT2D eigenvalue weighted by Crippen LogP contribution is 2.45. The van der Waals surface area contributed by atoms with Gasteiger partial charge in [0.05, 0.1) is 0 Å². The summed E-state index contributed by atoms with van der Waals surface area (Å²) in [6.07, 6.45) is 13.0. The molecule has 3 heterocycles. The summed E-state index contributed by atoms with van der Waals surface area (Å²) >= 11 is 5.88. The standard InChI is InChI=1S/C36H36S3/c1-3-5-7-9-11-23-13-15-31-25(17-23)27-19-35-29(21-33(27)37-31)30-22-34-28(20-36(30)39-35)26-18-24(12-10-8-6-4-2)14-16-32(26)38-34/h13-22H,3-12H2,1-2H3. The largest absolute Gasteiger partial charge is 0.135 e. The molecular formula is C36H36S3. The zero-order valence-electron chi connectivity index (χ0n) is 23.1. The van der Waals surface area contributed by atoms with Gasteiger partial charge in [0.1, 0.15) is 0 Å². The minimum absolute atomic E-state index is 1.20. The van der Waals surface area contributed by atoms with Crippen LogP contribution in [0.5, 0.6) is 0 Å². The lowest BCUT2D eigenvalue weighted by atomic mass is 10.0. The lowest BCUT2D eigenvalue weighted by Gasteiger charge is -2.02. The van der Waals surface area contributed by atoms with Gasteiger partial charge in [-0.3, -0.25) is 0 Å². The third-order valence-corrected chi connectivity index (χ3v) is 11.8. The SMILES string of the molecule is CCCCCCc1ccc2sc3cc4c(cc3c2c1)sc1cc2c(cc14)sc1ccc(CCCCCC)cc12. The van der Waals surface area contributed by atoms with E-state index < -0.39 is 0 Å². The molecule has 0 nitrogen and oxygen atoms in total. The van der Waals surface area contributed by atoms with E-state index in [1.54, 1.807) is 0 Å². The molecule has 0 saturated carbocycles. The molecule has 0 aliphatic carbocycles. The second-order valence-electron chi connectivity index (χ2n) is 11.3. The molecule has 0 saturated heterocycles. The molecule has 7 aromatic rings. The smallest absolute Gasteiger partial charge is 0.0362 e. The second-order valence-corrected chi connectivity index (χ2v) is 14.5. The van der Waals surface area contributed by atoms with E-state index in [0.717, 1.165) is 0 Å². The monoisotopic (exact) mass is 564 g/mol. The van der Waals surface area contributed by atoms with Crippen LogP contribution in [0.3, 0.4) is 0 Å². The predicted molar refractivity (Wildman–Crippen MR) is 181 cm³/mol. The van der Waals surface area contributed by atoms with Crippen molar-refractivity contribution in [3.8, 4) is 0 Å². The van der Waals surface area contributed by atoms with E-state index in [-0.39, 0.29) is 0 Å². The first-order valence-corrected chi connectivity index (χ1v) is 17.3. The van der Waals surface area contributed by atoms with Crippen LogP contribution in [0.4, 0.5) is 0 Å². The Morgan fingerprint density at radius 1 is 0.385 bits per heavy atom. The minimum Gasteiger partial charge on any atom is -0.135 e. The normalized spacial score (nSPS) is 12.4. The third kappa shape index (κ3) is 4.77. The van der Waals surface area contributed by atoms with E-state index in [0.29, 0.717) is 0 Å². The maximum atomic E-state index is 2.48. The van der Waals surface area contributed by atoms with Crippen molar-refractivity contribution in [3.63, 3.8) is 0 Å². The van der Waals surface area contributed by atoms with E-state index in [9.17, 15) is 0 Å². The Morgan fingerprint density at radius 2 is 0.744 bits per heavy atom. The quantitative estimate of drug-likeness (QED) is 0.145. The van der Waals surface area contributed by atoms with Crippen LogP contribution < -0.4 is 0 Å². The Morgan fingerprint density at radius 3 is 1.13 bits per heavy atom. The van der Waals surface area contributed by atoms with Crippen molar-refractivity contribution in [2.45, 2.75) is 78.1 Å². The topological polar surface area (TPSA) is 0 Å². The van der Waals surface area contributed by atoms with Crippen molar-refractivity contribution in [1.82, 2.24) is 0 Å². The summed E-state index contributed by atoms with van der Waals surface area (Å²) in [7, 11) is 0. The molecule has 0 spiro atoms. The van der Waals surface area contributed by atoms with Crippen LogP contribution in [-0.2, 0) is 12.8 Å². The third-order valence-electron chi connectivity index (χ3n) is 8.42. The average Bonchev–Trinajstić information content (AvgIpc) is 3.61. The molecule has 3 aromatic heterocycles. The van der Waals surface area contributed by atoms with Crippen molar-refractivity contribution in [2.75, 3.05) is 0 Å². The van der Waals surface area contributed by atoms with E-state index in [4.69, 9.17) is 0 Å². The van der Waals surface area contributed by atoms with Gasteiger partial charge in [-0.05, 0) is 85.3 Å². The van der Waals surface area contributed by atoms with E-state index in [1.807, 2.05) is 34.0 Å². The number of hydrogen-bond donors (Lipinski definition) is 0. The molecule has 0 radical (unpaired) electrons. The van der Waals surface area contributed by atoms with Gasteiger partial charge in [-0.25, -0.2) is 0 Å². The molecule has 198 valence electrons. The number of rotatable bonds is 10. The number of unbranched alkanes of at least 4 members (excludes halogenated alkanes) is 6. The predicted octanol–water partition coefficient (Wildman–Crippen LogP) is 13.0. The fourth-order valence-corrected chi connectivity index (χ4v) is 9.59. The van der Waals surface area contributed by atoms with Crippen LogP contribution in [0, 0.1) is 0 Å². The number of fused-ring (bicyclic) bond motifs is 9. The van der Waals surface area contributed by atoms with Crippen molar-refractivity contribution in [1.29, 1.82) is 0 Å². The Kier molecular flexibility index (Phi) is 7.09. The Hall–Kier alpha value is -2.46. The highest BCUT2D eigenvalue weighted by molar-refractivity contribution is 7.28. The first-order valence-electron chi connectivity index (χ1n) is 14.9. The molecule has 0 fully saturated rings. The summed E-state index contributed by atoms with van der Waals surface area (Å²) < 4.78 is 8.52. The lowest BCUT2D eigenvalue weighted by molar-refractivity contribution is 0.667. The zero-order valence-corrected chi connectivity index (χ0v) is 25.5. The highest BCUT2D eigenvalue weighted by Gasteiger charge is 2.14. The summed E-state index contributed by atoms with van der Waals surface area (Å²) in [4.78, 5) is 0. The summed E-state index contributed by atoms with van der Waals surface area (Å²) in [5.74, 6) is 0. The summed E-state index contributed by atoms with van der Waals surface area (Å²) in [5.41, 5.74) is 2.98. The highest BCUT2D eigenvalue weighted by atomic mass is 32.1. The van der Waals surface area contributed by atoms with Crippen LogP contribution in [0.25, 0.3) is 60.5 Å². The summed E-state index contributed by atoms with van der Waals surface area (Å²) in [6, 6.07) is 24.3. The molecule has 4 aromatic carbocycles. The molecule has 7 rings (SSSR count). The fraction of sp³-hybridized carbons (Fsp3) is 0.333. The lowest BCUT2D eigenvalue weighted by Crippen LogP contribution is -1.85. The van der Waals surface area contributed by atoms with Crippen molar-refractivity contribution in [2.24, 2.45) is 0 Å². The molecule has 0 amide bonds. The first-order chi connectivity index (χ1) is 19.2. The molecule has 3 heteroatoms. The van der Waals surface area contributed by atoms with Crippen LogP contribution in [0.2, 0.25) is 0 Å².